The number of amides is 1. The second-order valence-corrected chi connectivity index (χ2v) is 6.52. The molecule has 0 saturated carbocycles. The molecule has 0 saturated heterocycles. The van der Waals surface area contributed by atoms with E-state index in [4.69, 9.17) is 9.15 Å². The van der Waals surface area contributed by atoms with Crippen molar-refractivity contribution < 1.29 is 13.9 Å². The summed E-state index contributed by atoms with van der Waals surface area (Å²) in [7, 11) is 1.61. The highest BCUT2D eigenvalue weighted by Gasteiger charge is 2.13. The summed E-state index contributed by atoms with van der Waals surface area (Å²) < 4.78 is 10.7. The minimum atomic E-state index is -0.0875. The molecule has 6 nitrogen and oxygen atoms in total. The summed E-state index contributed by atoms with van der Waals surface area (Å²) >= 11 is 1.21. The number of hydrogen-bond donors (Lipinski definition) is 1. The van der Waals surface area contributed by atoms with Gasteiger partial charge in [-0.05, 0) is 36.8 Å². The zero-order valence-corrected chi connectivity index (χ0v) is 15.3. The van der Waals surface area contributed by atoms with Gasteiger partial charge in [-0.3, -0.25) is 4.79 Å². The first-order chi connectivity index (χ1) is 12.7. The van der Waals surface area contributed by atoms with Gasteiger partial charge in [0.15, 0.2) is 0 Å². The lowest BCUT2D eigenvalue weighted by molar-refractivity contribution is -0.119. The second kappa shape index (κ2) is 8.53. The quantitative estimate of drug-likeness (QED) is 0.640. The molecule has 1 amide bonds. The number of carbonyl (C=O) groups excluding carboxylic acids is 1. The van der Waals surface area contributed by atoms with Crippen LogP contribution in [0.2, 0.25) is 0 Å². The van der Waals surface area contributed by atoms with Crippen molar-refractivity contribution in [3.8, 4) is 17.2 Å². The molecule has 0 fully saturated rings. The van der Waals surface area contributed by atoms with E-state index in [1.807, 2.05) is 61.5 Å². The molecule has 0 aliphatic rings. The predicted molar refractivity (Wildman–Crippen MR) is 100 cm³/mol. The number of carbonyl (C=O) groups is 1. The van der Waals surface area contributed by atoms with E-state index in [2.05, 4.69) is 15.5 Å². The molecule has 0 spiro atoms. The summed E-state index contributed by atoms with van der Waals surface area (Å²) in [5.74, 6) is 1.29. The van der Waals surface area contributed by atoms with Crippen molar-refractivity contribution >= 4 is 17.7 Å². The lowest BCUT2D eigenvalue weighted by Crippen LogP contribution is -2.28. The second-order valence-electron chi connectivity index (χ2n) is 5.59. The van der Waals surface area contributed by atoms with Crippen LogP contribution in [0.25, 0.3) is 11.5 Å². The third kappa shape index (κ3) is 4.64. The zero-order valence-electron chi connectivity index (χ0n) is 14.5. The summed E-state index contributed by atoms with van der Waals surface area (Å²) in [6.07, 6.45) is 0. The molecule has 0 radical (unpaired) electrons. The molecular formula is C19H19N3O3S. The molecule has 134 valence electrons. The van der Waals surface area contributed by atoms with Crippen molar-refractivity contribution in [2.45, 2.75) is 18.2 Å². The maximum Gasteiger partial charge on any atom is 0.277 e. The van der Waals surface area contributed by atoms with Crippen LogP contribution in [0.5, 0.6) is 5.75 Å². The number of thioether (sulfide) groups is 1. The molecular weight excluding hydrogens is 350 g/mol. The lowest BCUT2D eigenvalue weighted by atomic mass is 10.1. The molecule has 1 heterocycles. The highest BCUT2D eigenvalue weighted by atomic mass is 32.2. The highest BCUT2D eigenvalue weighted by Crippen LogP contribution is 2.24. The van der Waals surface area contributed by atoms with Crippen LogP contribution in [0.15, 0.2) is 64.2 Å². The smallest absolute Gasteiger partial charge is 0.277 e. The predicted octanol–water partition coefficient (Wildman–Crippen LogP) is 3.71. The number of benzene rings is 2. The fourth-order valence-electron chi connectivity index (χ4n) is 2.35. The van der Waals surface area contributed by atoms with Gasteiger partial charge in [0.25, 0.3) is 5.22 Å². The van der Waals surface area contributed by atoms with E-state index in [0.717, 1.165) is 16.9 Å². The third-order valence-electron chi connectivity index (χ3n) is 3.75. The Morgan fingerprint density at radius 2 is 1.88 bits per heavy atom. The molecule has 0 aliphatic heterocycles. The van der Waals surface area contributed by atoms with Crippen LogP contribution in [0, 0.1) is 0 Å². The maximum absolute atomic E-state index is 12.1. The van der Waals surface area contributed by atoms with Crippen LogP contribution in [0.4, 0.5) is 0 Å². The number of ether oxygens (including phenoxy) is 1. The Morgan fingerprint density at radius 1 is 1.15 bits per heavy atom. The number of rotatable bonds is 7. The molecule has 1 atom stereocenters. The molecule has 26 heavy (non-hydrogen) atoms. The van der Waals surface area contributed by atoms with E-state index in [9.17, 15) is 4.79 Å². The first-order valence-corrected chi connectivity index (χ1v) is 9.09. The van der Waals surface area contributed by atoms with Gasteiger partial charge in [-0.15, -0.1) is 10.2 Å². The van der Waals surface area contributed by atoms with Crippen molar-refractivity contribution in [2.24, 2.45) is 0 Å². The van der Waals surface area contributed by atoms with E-state index >= 15 is 0 Å². The Labute approximate surface area is 156 Å². The van der Waals surface area contributed by atoms with Crippen LogP contribution < -0.4 is 10.1 Å². The standard InChI is InChI=1S/C19H19N3O3S/c1-13(14-6-4-3-5-7-14)20-17(23)12-26-19-22-21-18(25-19)15-8-10-16(24-2)11-9-15/h3-11,13H,12H2,1-2H3,(H,20,23)/t13-/m0/s1. The van der Waals surface area contributed by atoms with Gasteiger partial charge in [0, 0.05) is 5.56 Å². The zero-order chi connectivity index (χ0) is 18.4. The average Bonchev–Trinajstić information content (AvgIpc) is 3.16. The molecule has 1 aromatic heterocycles. The molecule has 0 unspecified atom stereocenters. The van der Waals surface area contributed by atoms with E-state index < -0.39 is 0 Å². The summed E-state index contributed by atoms with van der Waals surface area (Å²) in [6.45, 7) is 1.95. The van der Waals surface area contributed by atoms with Gasteiger partial charge in [0.1, 0.15) is 5.75 Å². The van der Waals surface area contributed by atoms with Gasteiger partial charge in [0.2, 0.25) is 11.8 Å². The maximum atomic E-state index is 12.1. The van der Waals surface area contributed by atoms with E-state index in [1.54, 1.807) is 7.11 Å². The van der Waals surface area contributed by atoms with E-state index in [-0.39, 0.29) is 17.7 Å². The fraction of sp³-hybridized carbons (Fsp3) is 0.211. The van der Waals surface area contributed by atoms with Crippen LogP contribution in [0.3, 0.4) is 0 Å². The normalized spacial score (nSPS) is 11.8. The molecule has 3 rings (SSSR count). The first-order valence-electron chi connectivity index (χ1n) is 8.11. The molecule has 1 N–H and O–H groups in total. The molecule has 7 heteroatoms. The van der Waals surface area contributed by atoms with Gasteiger partial charge in [-0.25, -0.2) is 0 Å². The minimum absolute atomic E-state index is 0.0538. The summed E-state index contributed by atoms with van der Waals surface area (Å²) in [5, 5.41) is 11.3. The molecule has 3 aromatic rings. The number of methoxy groups -OCH3 is 1. The SMILES string of the molecule is COc1ccc(-c2nnc(SCC(=O)N[C@@H](C)c3ccccc3)o2)cc1. The highest BCUT2D eigenvalue weighted by molar-refractivity contribution is 7.99. The van der Waals surface area contributed by atoms with E-state index in [0.29, 0.717) is 11.1 Å². The average molecular weight is 369 g/mol. The number of nitrogens with one attached hydrogen (secondary N) is 1. The third-order valence-corrected chi connectivity index (χ3v) is 4.57. The van der Waals surface area contributed by atoms with Crippen LogP contribution in [-0.2, 0) is 4.79 Å². The Morgan fingerprint density at radius 3 is 2.58 bits per heavy atom. The van der Waals surface area contributed by atoms with Gasteiger partial charge in [-0.1, -0.05) is 42.1 Å². The van der Waals surface area contributed by atoms with Crippen molar-refractivity contribution in [1.82, 2.24) is 15.5 Å². The van der Waals surface area contributed by atoms with E-state index in [1.165, 1.54) is 11.8 Å². The summed E-state index contributed by atoms with van der Waals surface area (Å²) in [6, 6.07) is 17.1. The van der Waals surface area contributed by atoms with Crippen molar-refractivity contribution in [1.29, 1.82) is 0 Å². The Kier molecular flexibility index (Phi) is 5.91. The Hall–Kier alpha value is -2.80. The van der Waals surface area contributed by atoms with Crippen molar-refractivity contribution in [3.05, 3.63) is 60.2 Å². The molecule has 2 aromatic carbocycles. The minimum Gasteiger partial charge on any atom is -0.497 e. The van der Waals surface area contributed by atoms with Crippen LogP contribution in [-0.4, -0.2) is 29.0 Å². The number of nitrogens with zero attached hydrogens (tertiary/aromatic N) is 2. The van der Waals surface area contributed by atoms with Crippen LogP contribution in [0.1, 0.15) is 18.5 Å². The van der Waals surface area contributed by atoms with Gasteiger partial charge < -0.3 is 14.5 Å². The first kappa shape index (κ1) is 18.0. The fourth-order valence-corrected chi connectivity index (χ4v) is 2.93. The van der Waals surface area contributed by atoms with Crippen molar-refractivity contribution in [2.75, 3.05) is 12.9 Å². The summed E-state index contributed by atoms with van der Waals surface area (Å²) in [5.41, 5.74) is 1.86. The lowest BCUT2D eigenvalue weighted by Gasteiger charge is -2.13. The summed E-state index contributed by atoms with van der Waals surface area (Å²) in [4.78, 5) is 12.1. The van der Waals surface area contributed by atoms with Gasteiger partial charge >= 0.3 is 0 Å². The number of hydrogen-bond acceptors (Lipinski definition) is 6. The van der Waals surface area contributed by atoms with Gasteiger partial charge in [0.05, 0.1) is 18.9 Å². The molecule has 0 bridgehead atoms. The van der Waals surface area contributed by atoms with Gasteiger partial charge in [-0.2, -0.15) is 0 Å². The monoisotopic (exact) mass is 369 g/mol. The number of aromatic nitrogens is 2. The molecule has 0 aliphatic carbocycles. The van der Waals surface area contributed by atoms with Crippen molar-refractivity contribution in [3.63, 3.8) is 0 Å². The topological polar surface area (TPSA) is 77.2 Å². The largest absolute Gasteiger partial charge is 0.497 e. The Bertz CT molecular complexity index is 850. The van der Waals surface area contributed by atoms with Crippen LogP contribution >= 0.6 is 11.8 Å². The Balaban J connectivity index is 1.53.